The molecule has 29 heavy (non-hydrogen) atoms. The van der Waals surface area contributed by atoms with Gasteiger partial charge < -0.3 is 25.0 Å². The van der Waals surface area contributed by atoms with Crippen LogP contribution in [0.1, 0.15) is 25.7 Å². The lowest BCUT2D eigenvalue weighted by molar-refractivity contribution is 0.0940. The summed E-state index contributed by atoms with van der Waals surface area (Å²) in [5.41, 5.74) is 1.81. The number of rotatable bonds is 6. The standard InChI is InChI=1S/C21H29N5O3/c1-28-20-7-3-2-6-19(20)25-10-8-16(9-11-25)23-21(27)24-17-13-22-26(14-17)15-18-5-4-12-29-18/h2-3,6-7,13-14,16,18H,4-5,8-12,15H2,1H3,(H2,23,24,27). The Bertz CT molecular complexity index is 810. The van der Waals surface area contributed by atoms with Crippen LogP contribution in [-0.2, 0) is 11.3 Å². The molecule has 0 saturated carbocycles. The fraction of sp³-hybridized carbons (Fsp3) is 0.524. The molecule has 3 heterocycles. The molecule has 156 valence electrons. The van der Waals surface area contributed by atoms with Gasteiger partial charge in [-0.1, -0.05) is 12.1 Å². The van der Waals surface area contributed by atoms with Gasteiger partial charge in [-0.15, -0.1) is 0 Å². The molecule has 2 N–H and O–H groups in total. The number of carbonyl (C=O) groups excluding carboxylic acids is 1. The van der Waals surface area contributed by atoms with Crippen LogP contribution in [0.25, 0.3) is 0 Å². The molecule has 1 unspecified atom stereocenters. The molecule has 0 spiro atoms. The molecular weight excluding hydrogens is 370 g/mol. The minimum absolute atomic E-state index is 0.155. The molecule has 8 nitrogen and oxygen atoms in total. The Morgan fingerprint density at radius 1 is 1.28 bits per heavy atom. The number of hydrogen-bond acceptors (Lipinski definition) is 5. The Morgan fingerprint density at radius 3 is 2.86 bits per heavy atom. The first-order valence-electron chi connectivity index (χ1n) is 10.3. The Balaban J connectivity index is 1.23. The molecule has 1 aromatic heterocycles. The number of para-hydroxylation sites is 2. The first-order valence-corrected chi connectivity index (χ1v) is 10.3. The van der Waals surface area contributed by atoms with Crippen molar-refractivity contribution in [1.29, 1.82) is 0 Å². The van der Waals surface area contributed by atoms with Crippen molar-refractivity contribution >= 4 is 17.4 Å². The molecular formula is C21H29N5O3. The Labute approximate surface area is 171 Å². The maximum atomic E-state index is 12.4. The molecule has 2 amide bonds. The molecule has 2 aliphatic rings. The van der Waals surface area contributed by atoms with E-state index >= 15 is 0 Å². The van der Waals surface area contributed by atoms with Gasteiger partial charge in [0.05, 0.1) is 37.3 Å². The zero-order chi connectivity index (χ0) is 20.1. The van der Waals surface area contributed by atoms with E-state index in [4.69, 9.17) is 9.47 Å². The zero-order valence-electron chi connectivity index (χ0n) is 16.8. The number of urea groups is 1. The first-order chi connectivity index (χ1) is 14.2. The predicted octanol–water partition coefficient (Wildman–Crippen LogP) is 2.86. The molecule has 2 aromatic rings. The summed E-state index contributed by atoms with van der Waals surface area (Å²) in [6.07, 6.45) is 7.72. The number of methoxy groups -OCH3 is 1. The zero-order valence-corrected chi connectivity index (χ0v) is 16.8. The van der Waals surface area contributed by atoms with E-state index < -0.39 is 0 Å². The fourth-order valence-electron chi connectivity index (χ4n) is 4.03. The van der Waals surface area contributed by atoms with Crippen molar-refractivity contribution in [2.75, 3.05) is 37.0 Å². The number of nitrogens with zero attached hydrogens (tertiary/aromatic N) is 3. The van der Waals surface area contributed by atoms with E-state index in [9.17, 15) is 4.79 Å². The van der Waals surface area contributed by atoms with Gasteiger partial charge in [0.15, 0.2) is 0 Å². The third-order valence-electron chi connectivity index (χ3n) is 5.56. The highest BCUT2D eigenvalue weighted by atomic mass is 16.5. The van der Waals surface area contributed by atoms with Crippen LogP contribution in [0.5, 0.6) is 5.75 Å². The van der Waals surface area contributed by atoms with Crippen LogP contribution in [-0.4, -0.2) is 54.8 Å². The largest absolute Gasteiger partial charge is 0.495 e. The van der Waals surface area contributed by atoms with Crippen LogP contribution in [0, 0.1) is 0 Å². The number of benzene rings is 1. The number of carbonyl (C=O) groups is 1. The van der Waals surface area contributed by atoms with E-state index in [0.717, 1.165) is 63.4 Å². The van der Waals surface area contributed by atoms with Gasteiger partial charge in [-0.3, -0.25) is 4.68 Å². The van der Waals surface area contributed by atoms with Crippen molar-refractivity contribution in [2.24, 2.45) is 0 Å². The van der Waals surface area contributed by atoms with Crippen LogP contribution in [0.2, 0.25) is 0 Å². The second-order valence-electron chi connectivity index (χ2n) is 7.62. The van der Waals surface area contributed by atoms with Gasteiger partial charge in [0.2, 0.25) is 0 Å². The van der Waals surface area contributed by atoms with E-state index in [1.54, 1.807) is 13.3 Å². The SMILES string of the molecule is COc1ccccc1N1CCC(NC(=O)Nc2cnn(CC3CCCO3)c2)CC1. The number of aromatic nitrogens is 2. The molecule has 0 radical (unpaired) electrons. The highest BCUT2D eigenvalue weighted by Crippen LogP contribution is 2.29. The summed E-state index contributed by atoms with van der Waals surface area (Å²) in [5, 5.41) is 10.3. The summed E-state index contributed by atoms with van der Waals surface area (Å²) in [6, 6.07) is 8.03. The van der Waals surface area contributed by atoms with Gasteiger partial charge in [-0.2, -0.15) is 5.10 Å². The van der Waals surface area contributed by atoms with Crippen molar-refractivity contribution in [1.82, 2.24) is 15.1 Å². The van der Waals surface area contributed by atoms with Crippen LogP contribution in [0.4, 0.5) is 16.2 Å². The number of piperidine rings is 1. The molecule has 1 aromatic carbocycles. The summed E-state index contributed by atoms with van der Waals surface area (Å²) < 4.78 is 12.9. The Morgan fingerprint density at radius 2 is 2.10 bits per heavy atom. The van der Waals surface area contributed by atoms with Crippen LogP contribution < -0.4 is 20.3 Å². The van der Waals surface area contributed by atoms with E-state index in [1.807, 2.05) is 29.1 Å². The van der Waals surface area contributed by atoms with Gasteiger partial charge in [-0.25, -0.2) is 4.79 Å². The van der Waals surface area contributed by atoms with Gasteiger partial charge in [0.25, 0.3) is 0 Å². The van der Waals surface area contributed by atoms with E-state index in [-0.39, 0.29) is 18.2 Å². The second kappa shape index (κ2) is 9.17. The Kier molecular flexibility index (Phi) is 6.19. The average molecular weight is 399 g/mol. The number of ether oxygens (including phenoxy) is 2. The van der Waals surface area contributed by atoms with Gasteiger partial charge in [0, 0.05) is 31.9 Å². The minimum Gasteiger partial charge on any atom is -0.495 e. The number of amides is 2. The topological polar surface area (TPSA) is 80.7 Å². The summed E-state index contributed by atoms with van der Waals surface area (Å²) in [6.45, 7) is 3.31. The molecule has 0 aliphatic carbocycles. The van der Waals surface area contributed by atoms with Crippen molar-refractivity contribution in [3.05, 3.63) is 36.7 Å². The third kappa shape index (κ3) is 5.00. The van der Waals surface area contributed by atoms with E-state index in [0.29, 0.717) is 5.69 Å². The molecule has 2 fully saturated rings. The highest BCUT2D eigenvalue weighted by molar-refractivity contribution is 5.89. The Hall–Kier alpha value is -2.74. The highest BCUT2D eigenvalue weighted by Gasteiger charge is 2.23. The average Bonchev–Trinajstić information content (AvgIpc) is 3.41. The maximum Gasteiger partial charge on any atom is 0.319 e. The number of anilines is 2. The molecule has 1 atom stereocenters. The lowest BCUT2D eigenvalue weighted by Gasteiger charge is -2.34. The first kappa shape index (κ1) is 19.6. The molecule has 4 rings (SSSR count). The minimum atomic E-state index is -0.183. The number of nitrogens with one attached hydrogen (secondary N) is 2. The summed E-state index contributed by atoms with van der Waals surface area (Å²) in [4.78, 5) is 14.7. The lowest BCUT2D eigenvalue weighted by atomic mass is 10.0. The normalized spacial score (nSPS) is 19.9. The van der Waals surface area contributed by atoms with Gasteiger partial charge in [-0.05, 0) is 37.8 Å². The van der Waals surface area contributed by atoms with Crippen molar-refractivity contribution in [2.45, 2.75) is 44.4 Å². The summed E-state index contributed by atoms with van der Waals surface area (Å²) in [7, 11) is 1.69. The fourth-order valence-corrected chi connectivity index (χ4v) is 4.03. The van der Waals surface area contributed by atoms with E-state index in [1.165, 1.54) is 0 Å². The quantitative estimate of drug-likeness (QED) is 0.781. The smallest absolute Gasteiger partial charge is 0.319 e. The maximum absolute atomic E-state index is 12.4. The van der Waals surface area contributed by atoms with Crippen molar-refractivity contribution in [3.8, 4) is 5.75 Å². The molecule has 0 bridgehead atoms. The summed E-state index contributed by atoms with van der Waals surface area (Å²) >= 11 is 0. The second-order valence-corrected chi connectivity index (χ2v) is 7.62. The van der Waals surface area contributed by atoms with Crippen molar-refractivity contribution in [3.63, 3.8) is 0 Å². The van der Waals surface area contributed by atoms with Gasteiger partial charge >= 0.3 is 6.03 Å². The van der Waals surface area contributed by atoms with Crippen LogP contribution >= 0.6 is 0 Å². The molecule has 8 heteroatoms. The molecule has 2 aliphatic heterocycles. The van der Waals surface area contributed by atoms with Crippen LogP contribution in [0.15, 0.2) is 36.7 Å². The molecule has 2 saturated heterocycles. The lowest BCUT2D eigenvalue weighted by Crippen LogP contribution is -2.46. The van der Waals surface area contributed by atoms with Crippen molar-refractivity contribution < 1.29 is 14.3 Å². The van der Waals surface area contributed by atoms with Gasteiger partial charge in [0.1, 0.15) is 5.75 Å². The third-order valence-corrected chi connectivity index (χ3v) is 5.56. The predicted molar refractivity (Wildman–Crippen MR) is 112 cm³/mol. The van der Waals surface area contributed by atoms with E-state index in [2.05, 4.69) is 26.7 Å². The van der Waals surface area contributed by atoms with Crippen LogP contribution in [0.3, 0.4) is 0 Å². The summed E-state index contributed by atoms with van der Waals surface area (Å²) in [5.74, 6) is 0.886. The monoisotopic (exact) mass is 399 g/mol. The number of hydrogen-bond donors (Lipinski definition) is 2.